The molecule has 0 saturated carbocycles. The SMILES string of the molecule is Cc1ccc([C@H](C)Nc2ccn(C)n2)s1. The minimum atomic E-state index is 0.318. The van der Waals surface area contributed by atoms with Gasteiger partial charge in [0.2, 0.25) is 0 Å². The number of hydrogen-bond acceptors (Lipinski definition) is 3. The van der Waals surface area contributed by atoms with Crippen molar-refractivity contribution in [1.82, 2.24) is 9.78 Å². The van der Waals surface area contributed by atoms with Crippen molar-refractivity contribution >= 4 is 17.2 Å². The lowest BCUT2D eigenvalue weighted by Crippen LogP contribution is -2.05. The van der Waals surface area contributed by atoms with Crippen LogP contribution in [-0.4, -0.2) is 9.78 Å². The van der Waals surface area contributed by atoms with Gasteiger partial charge < -0.3 is 5.32 Å². The van der Waals surface area contributed by atoms with Crippen molar-refractivity contribution in [3.05, 3.63) is 34.2 Å². The van der Waals surface area contributed by atoms with Crippen LogP contribution in [0, 0.1) is 6.92 Å². The summed E-state index contributed by atoms with van der Waals surface area (Å²) in [7, 11) is 1.92. The number of nitrogens with zero attached hydrogens (tertiary/aromatic N) is 2. The fourth-order valence-electron chi connectivity index (χ4n) is 1.47. The summed E-state index contributed by atoms with van der Waals surface area (Å²) in [6.07, 6.45) is 1.94. The van der Waals surface area contributed by atoms with Crippen molar-refractivity contribution in [2.75, 3.05) is 5.32 Å². The number of aryl methyl sites for hydroxylation is 2. The standard InChI is InChI=1S/C11H15N3S/c1-8-4-5-10(15-8)9(2)12-11-6-7-14(3)13-11/h4-7,9H,1-3H3,(H,12,13)/t9-/m0/s1. The van der Waals surface area contributed by atoms with E-state index >= 15 is 0 Å². The Morgan fingerprint density at radius 1 is 1.40 bits per heavy atom. The van der Waals surface area contributed by atoms with Crippen LogP contribution in [0.25, 0.3) is 0 Å². The van der Waals surface area contributed by atoms with E-state index in [4.69, 9.17) is 0 Å². The van der Waals surface area contributed by atoms with Gasteiger partial charge in [-0.05, 0) is 26.0 Å². The van der Waals surface area contributed by atoms with E-state index in [0.29, 0.717) is 6.04 Å². The van der Waals surface area contributed by atoms with Gasteiger partial charge in [0.1, 0.15) is 5.82 Å². The Morgan fingerprint density at radius 3 is 2.73 bits per heavy atom. The number of nitrogens with one attached hydrogen (secondary N) is 1. The molecule has 3 nitrogen and oxygen atoms in total. The third-order valence-electron chi connectivity index (χ3n) is 2.27. The summed E-state index contributed by atoms with van der Waals surface area (Å²) in [5.41, 5.74) is 0. The highest BCUT2D eigenvalue weighted by Crippen LogP contribution is 2.24. The minimum absolute atomic E-state index is 0.318. The van der Waals surface area contributed by atoms with Crippen molar-refractivity contribution in [2.24, 2.45) is 7.05 Å². The molecule has 4 heteroatoms. The molecule has 2 aromatic heterocycles. The van der Waals surface area contributed by atoms with Crippen LogP contribution in [0.2, 0.25) is 0 Å². The Bertz CT molecular complexity index is 444. The van der Waals surface area contributed by atoms with Crippen molar-refractivity contribution < 1.29 is 0 Å². The van der Waals surface area contributed by atoms with E-state index in [1.54, 1.807) is 4.68 Å². The summed E-state index contributed by atoms with van der Waals surface area (Å²) in [5, 5.41) is 7.66. The molecular formula is C11H15N3S. The second-order valence-electron chi connectivity index (χ2n) is 3.69. The Morgan fingerprint density at radius 2 is 2.20 bits per heavy atom. The van der Waals surface area contributed by atoms with Gasteiger partial charge in [0.25, 0.3) is 0 Å². The number of thiophene rings is 1. The van der Waals surface area contributed by atoms with Gasteiger partial charge in [0.15, 0.2) is 0 Å². The lowest BCUT2D eigenvalue weighted by atomic mass is 10.3. The van der Waals surface area contributed by atoms with Gasteiger partial charge in [-0.2, -0.15) is 5.10 Å². The van der Waals surface area contributed by atoms with Crippen molar-refractivity contribution in [3.63, 3.8) is 0 Å². The molecule has 1 N–H and O–H groups in total. The molecule has 80 valence electrons. The van der Waals surface area contributed by atoms with Gasteiger partial charge >= 0.3 is 0 Å². The number of hydrogen-bond donors (Lipinski definition) is 1. The Balaban J connectivity index is 2.06. The van der Waals surface area contributed by atoms with E-state index in [2.05, 4.69) is 36.4 Å². The van der Waals surface area contributed by atoms with Crippen LogP contribution in [0.4, 0.5) is 5.82 Å². The molecule has 0 saturated heterocycles. The van der Waals surface area contributed by atoms with E-state index in [-0.39, 0.29) is 0 Å². The van der Waals surface area contributed by atoms with E-state index < -0.39 is 0 Å². The van der Waals surface area contributed by atoms with Gasteiger partial charge in [-0.1, -0.05) is 0 Å². The summed E-state index contributed by atoms with van der Waals surface area (Å²) in [6.45, 7) is 4.28. The zero-order valence-electron chi connectivity index (χ0n) is 9.19. The van der Waals surface area contributed by atoms with E-state index in [1.165, 1.54) is 9.75 Å². The largest absolute Gasteiger partial charge is 0.361 e. The maximum atomic E-state index is 4.29. The summed E-state index contributed by atoms with van der Waals surface area (Å²) in [4.78, 5) is 2.69. The first-order chi connectivity index (χ1) is 7.15. The monoisotopic (exact) mass is 221 g/mol. The quantitative estimate of drug-likeness (QED) is 0.863. The average Bonchev–Trinajstić information content (AvgIpc) is 2.75. The normalized spacial score (nSPS) is 12.7. The molecular weight excluding hydrogens is 206 g/mol. The van der Waals surface area contributed by atoms with Crippen LogP contribution in [-0.2, 0) is 7.05 Å². The molecule has 2 heterocycles. The first-order valence-electron chi connectivity index (χ1n) is 4.97. The molecule has 0 bridgehead atoms. The highest BCUT2D eigenvalue weighted by molar-refractivity contribution is 7.12. The zero-order valence-corrected chi connectivity index (χ0v) is 10.0. The van der Waals surface area contributed by atoms with Gasteiger partial charge in [0, 0.05) is 29.1 Å². The molecule has 0 aliphatic heterocycles. The van der Waals surface area contributed by atoms with Gasteiger partial charge in [-0.15, -0.1) is 11.3 Å². The first-order valence-corrected chi connectivity index (χ1v) is 5.79. The second-order valence-corrected chi connectivity index (χ2v) is 5.01. The molecule has 0 radical (unpaired) electrons. The molecule has 2 aromatic rings. The predicted octanol–water partition coefficient (Wildman–Crippen LogP) is 2.96. The number of aromatic nitrogens is 2. The molecule has 0 unspecified atom stereocenters. The van der Waals surface area contributed by atoms with Gasteiger partial charge in [0.05, 0.1) is 6.04 Å². The Kier molecular flexibility index (Phi) is 2.77. The zero-order chi connectivity index (χ0) is 10.8. The lowest BCUT2D eigenvalue weighted by Gasteiger charge is -2.10. The molecule has 15 heavy (non-hydrogen) atoms. The molecule has 0 spiro atoms. The smallest absolute Gasteiger partial charge is 0.148 e. The van der Waals surface area contributed by atoms with Crippen molar-refractivity contribution in [3.8, 4) is 0 Å². The molecule has 0 aromatic carbocycles. The predicted molar refractivity (Wildman–Crippen MR) is 64.3 cm³/mol. The maximum Gasteiger partial charge on any atom is 0.148 e. The molecule has 0 amide bonds. The van der Waals surface area contributed by atoms with Gasteiger partial charge in [-0.3, -0.25) is 4.68 Å². The van der Waals surface area contributed by atoms with E-state index in [1.807, 2.05) is 30.6 Å². The van der Waals surface area contributed by atoms with Gasteiger partial charge in [-0.25, -0.2) is 0 Å². The third kappa shape index (κ3) is 2.39. The fourth-order valence-corrected chi connectivity index (χ4v) is 2.35. The van der Waals surface area contributed by atoms with Crippen LogP contribution >= 0.6 is 11.3 Å². The van der Waals surface area contributed by atoms with Crippen LogP contribution in [0.1, 0.15) is 22.7 Å². The fraction of sp³-hybridized carbons (Fsp3) is 0.364. The third-order valence-corrected chi connectivity index (χ3v) is 3.45. The van der Waals surface area contributed by atoms with Crippen LogP contribution < -0.4 is 5.32 Å². The summed E-state index contributed by atoms with van der Waals surface area (Å²) < 4.78 is 1.80. The Labute approximate surface area is 93.7 Å². The molecule has 0 aliphatic carbocycles. The summed E-state index contributed by atoms with van der Waals surface area (Å²) in [6, 6.07) is 6.62. The van der Waals surface area contributed by atoms with Crippen LogP contribution in [0.5, 0.6) is 0 Å². The van der Waals surface area contributed by atoms with Crippen LogP contribution in [0.3, 0.4) is 0 Å². The van der Waals surface area contributed by atoms with E-state index in [0.717, 1.165) is 5.82 Å². The summed E-state index contributed by atoms with van der Waals surface area (Å²) >= 11 is 1.82. The molecule has 2 rings (SSSR count). The highest BCUT2D eigenvalue weighted by atomic mass is 32.1. The molecule has 0 fully saturated rings. The average molecular weight is 221 g/mol. The molecule has 0 aliphatic rings. The number of anilines is 1. The molecule has 1 atom stereocenters. The lowest BCUT2D eigenvalue weighted by molar-refractivity contribution is 0.761. The van der Waals surface area contributed by atoms with Crippen molar-refractivity contribution in [1.29, 1.82) is 0 Å². The summed E-state index contributed by atoms with van der Waals surface area (Å²) in [5.74, 6) is 0.927. The van der Waals surface area contributed by atoms with Crippen LogP contribution in [0.15, 0.2) is 24.4 Å². The second kappa shape index (κ2) is 4.06. The first kappa shape index (κ1) is 10.2. The maximum absolute atomic E-state index is 4.29. The minimum Gasteiger partial charge on any atom is -0.361 e. The highest BCUT2D eigenvalue weighted by Gasteiger charge is 2.08. The number of rotatable bonds is 3. The van der Waals surface area contributed by atoms with E-state index in [9.17, 15) is 0 Å². The Hall–Kier alpha value is -1.29. The topological polar surface area (TPSA) is 29.9 Å². The van der Waals surface area contributed by atoms with Crippen molar-refractivity contribution in [2.45, 2.75) is 19.9 Å².